The summed E-state index contributed by atoms with van der Waals surface area (Å²) < 4.78 is 0. The first-order valence-corrected chi connectivity index (χ1v) is 5.22. The zero-order chi connectivity index (χ0) is 12.8. The Balaban J connectivity index is 2.81. The molecule has 0 aliphatic rings. The molecule has 1 rings (SSSR count). The van der Waals surface area contributed by atoms with Crippen molar-refractivity contribution in [3.05, 3.63) is 39.9 Å². The third-order valence-electron chi connectivity index (χ3n) is 2.38. The van der Waals surface area contributed by atoms with Gasteiger partial charge in [0.25, 0.3) is 5.69 Å². The van der Waals surface area contributed by atoms with Gasteiger partial charge in [-0.15, -0.1) is 0 Å². The second-order valence-electron chi connectivity index (χ2n) is 3.67. The quantitative estimate of drug-likeness (QED) is 0.608. The Morgan fingerprint density at radius 1 is 1.47 bits per heavy atom. The van der Waals surface area contributed by atoms with Crippen LogP contribution in [0.25, 0.3) is 0 Å². The molecule has 2 N–H and O–H groups in total. The molecule has 1 amide bonds. The number of hydrogen-bond acceptors (Lipinski definition) is 4. The first-order chi connectivity index (χ1) is 8.06. The summed E-state index contributed by atoms with van der Waals surface area (Å²) in [6, 6.07) is 6.38. The topological polar surface area (TPSA) is 89.5 Å². The monoisotopic (exact) mass is 237 g/mol. The van der Waals surface area contributed by atoms with Crippen LogP contribution in [0.5, 0.6) is 0 Å². The SMILES string of the molecule is CN(Cc1ccccc1[N+](=O)[O-])C(=O)CCN. The first-order valence-electron chi connectivity index (χ1n) is 5.22. The van der Waals surface area contributed by atoms with Crippen molar-refractivity contribution in [2.45, 2.75) is 13.0 Å². The van der Waals surface area contributed by atoms with E-state index in [-0.39, 0.29) is 31.1 Å². The van der Waals surface area contributed by atoms with Crippen molar-refractivity contribution in [1.82, 2.24) is 4.90 Å². The van der Waals surface area contributed by atoms with E-state index in [0.29, 0.717) is 5.56 Å². The van der Waals surface area contributed by atoms with E-state index in [1.54, 1.807) is 25.2 Å². The summed E-state index contributed by atoms with van der Waals surface area (Å²) in [7, 11) is 1.61. The average Bonchev–Trinajstić information content (AvgIpc) is 2.29. The van der Waals surface area contributed by atoms with Crippen LogP contribution in [-0.2, 0) is 11.3 Å². The first kappa shape index (κ1) is 13.1. The summed E-state index contributed by atoms with van der Waals surface area (Å²) in [6.45, 7) is 0.496. The van der Waals surface area contributed by atoms with Crippen molar-refractivity contribution in [3.63, 3.8) is 0 Å². The number of nitrogens with zero attached hydrogens (tertiary/aromatic N) is 2. The van der Waals surface area contributed by atoms with E-state index in [9.17, 15) is 14.9 Å². The molecule has 0 fully saturated rings. The van der Waals surface area contributed by atoms with E-state index in [4.69, 9.17) is 5.73 Å². The summed E-state index contributed by atoms with van der Waals surface area (Å²) >= 11 is 0. The molecule has 6 nitrogen and oxygen atoms in total. The number of carbonyl (C=O) groups is 1. The van der Waals surface area contributed by atoms with Gasteiger partial charge in [0, 0.05) is 31.6 Å². The molecule has 0 atom stereocenters. The van der Waals surface area contributed by atoms with Gasteiger partial charge in [0.2, 0.25) is 5.91 Å². The maximum atomic E-state index is 11.5. The van der Waals surface area contributed by atoms with Gasteiger partial charge < -0.3 is 10.6 Å². The Bertz CT molecular complexity index is 420. The van der Waals surface area contributed by atoms with Crippen LogP contribution >= 0.6 is 0 Å². The highest BCUT2D eigenvalue weighted by Gasteiger charge is 2.16. The second-order valence-corrected chi connectivity index (χ2v) is 3.67. The molecular weight excluding hydrogens is 222 g/mol. The molecule has 0 aliphatic heterocycles. The molecule has 0 saturated heterocycles. The van der Waals surface area contributed by atoms with Gasteiger partial charge in [-0.25, -0.2) is 0 Å². The zero-order valence-corrected chi connectivity index (χ0v) is 9.63. The van der Waals surface area contributed by atoms with E-state index < -0.39 is 4.92 Å². The van der Waals surface area contributed by atoms with E-state index in [2.05, 4.69) is 0 Å². The predicted molar refractivity (Wildman–Crippen MR) is 63.2 cm³/mol. The average molecular weight is 237 g/mol. The molecule has 0 bridgehead atoms. The van der Waals surface area contributed by atoms with Crippen molar-refractivity contribution in [1.29, 1.82) is 0 Å². The fraction of sp³-hybridized carbons (Fsp3) is 0.364. The summed E-state index contributed by atoms with van der Waals surface area (Å²) in [5.41, 5.74) is 5.83. The van der Waals surface area contributed by atoms with Gasteiger partial charge in [-0.2, -0.15) is 0 Å². The molecule has 92 valence electrons. The smallest absolute Gasteiger partial charge is 0.274 e. The van der Waals surface area contributed by atoms with Crippen molar-refractivity contribution in [2.24, 2.45) is 5.73 Å². The Hall–Kier alpha value is -1.95. The number of benzene rings is 1. The number of para-hydroxylation sites is 1. The minimum atomic E-state index is -0.448. The fourth-order valence-electron chi connectivity index (χ4n) is 1.48. The molecule has 0 aliphatic carbocycles. The van der Waals surface area contributed by atoms with E-state index >= 15 is 0 Å². The van der Waals surface area contributed by atoms with Gasteiger partial charge >= 0.3 is 0 Å². The summed E-state index contributed by atoms with van der Waals surface area (Å²) in [6.07, 6.45) is 0.247. The van der Waals surface area contributed by atoms with Crippen molar-refractivity contribution >= 4 is 11.6 Å². The van der Waals surface area contributed by atoms with Crippen LogP contribution in [0.1, 0.15) is 12.0 Å². The van der Waals surface area contributed by atoms with Crippen molar-refractivity contribution in [2.75, 3.05) is 13.6 Å². The van der Waals surface area contributed by atoms with Crippen LogP contribution in [0.3, 0.4) is 0 Å². The molecule has 0 saturated carbocycles. The molecule has 1 aromatic rings. The van der Waals surface area contributed by atoms with Gasteiger partial charge in [-0.1, -0.05) is 18.2 Å². The molecule has 0 unspecified atom stereocenters. The Morgan fingerprint density at radius 2 is 2.12 bits per heavy atom. The lowest BCUT2D eigenvalue weighted by Gasteiger charge is -2.16. The highest BCUT2D eigenvalue weighted by molar-refractivity contribution is 5.76. The van der Waals surface area contributed by atoms with Gasteiger partial charge in [0.1, 0.15) is 0 Å². The van der Waals surface area contributed by atoms with Gasteiger partial charge in [-0.05, 0) is 0 Å². The molecule has 1 aromatic carbocycles. The highest BCUT2D eigenvalue weighted by atomic mass is 16.6. The van der Waals surface area contributed by atoms with Crippen LogP contribution in [0.2, 0.25) is 0 Å². The second kappa shape index (κ2) is 5.95. The number of nitro benzene ring substituents is 1. The van der Waals surface area contributed by atoms with Crippen LogP contribution in [0.4, 0.5) is 5.69 Å². The van der Waals surface area contributed by atoms with E-state index in [1.165, 1.54) is 11.0 Å². The fourth-order valence-corrected chi connectivity index (χ4v) is 1.48. The standard InChI is InChI=1S/C11H15N3O3/c1-13(11(15)6-7-12)8-9-4-2-3-5-10(9)14(16)17/h2-5H,6-8,12H2,1H3. The number of hydrogen-bond donors (Lipinski definition) is 1. The van der Waals surface area contributed by atoms with Gasteiger partial charge in [-0.3, -0.25) is 14.9 Å². The maximum absolute atomic E-state index is 11.5. The Morgan fingerprint density at radius 3 is 2.71 bits per heavy atom. The number of nitrogens with two attached hydrogens (primary N) is 1. The summed E-state index contributed by atoms with van der Waals surface area (Å²) in [5, 5.41) is 10.8. The third-order valence-corrected chi connectivity index (χ3v) is 2.38. The number of nitro groups is 1. The largest absolute Gasteiger partial charge is 0.341 e. The lowest BCUT2D eigenvalue weighted by Crippen LogP contribution is -2.28. The van der Waals surface area contributed by atoms with Crippen LogP contribution in [0.15, 0.2) is 24.3 Å². The third kappa shape index (κ3) is 3.53. The minimum Gasteiger partial charge on any atom is -0.341 e. The Kier molecular flexibility index (Phi) is 4.59. The number of carbonyl (C=O) groups excluding carboxylic acids is 1. The normalized spacial score (nSPS) is 10.0. The van der Waals surface area contributed by atoms with Crippen LogP contribution < -0.4 is 5.73 Å². The highest BCUT2D eigenvalue weighted by Crippen LogP contribution is 2.19. The number of rotatable bonds is 5. The number of amides is 1. The van der Waals surface area contributed by atoms with Gasteiger partial charge in [0.15, 0.2) is 0 Å². The van der Waals surface area contributed by atoms with Crippen molar-refractivity contribution < 1.29 is 9.72 Å². The lowest BCUT2D eigenvalue weighted by molar-refractivity contribution is -0.385. The van der Waals surface area contributed by atoms with E-state index in [1.807, 2.05) is 0 Å². The molecule has 0 heterocycles. The van der Waals surface area contributed by atoms with Crippen molar-refractivity contribution in [3.8, 4) is 0 Å². The Labute approximate surface area is 99.2 Å². The molecule has 0 radical (unpaired) electrons. The lowest BCUT2D eigenvalue weighted by atomic mass is 10.1. The molecule has 17 heavy (non-hydrogen) atoms. The maximum Gasteiger partial charge on any atom is 0.274 e. The van der Waals surface area contributed by atoms with E-state index in [0.717, 1.165) is 0 Å². The predicted octanol–water partition coefficient (Wildman–Crippen LogP) is 0.902. The molecular formula is C11H15N3O3. The summed E-state index contributed by atoms with van der Waals surface area (Å²) in [4.78, 5) is 23.3. The van der Waals surface area contributed by atoms with Crippen LogP contribution in [0, 0.1) is 10.1 Å². The molecule has 6 heteroatoms. The summed E-state index contributed by atoms with van der Waals surface area (Å²) in [5.74, 6) is -0.120. The molecule has 0 spiro atoms. The minimum absolute atomic E-state index is 0.0277. The zero-order valence-electron chi connectivity index (χ0n) is 9.63. The van der Waals surface area contributed by atoms with Gasteiger partial charge in [0.05, 0.1) is 11.5 Å². The van der Waals surface area contributed by atoms with Crippen LogP contribution in [-0.4, -0.2) is 29.3 Å². The molecule has 0 aromatic heterocycles.